The Morgan fingerprint density at radius 3 is 2.59 bits per heavy atom. The molecule has 0 saturated carbocycles. The highest BCUT2D eigenvalue weighted by Crippen LogP contribution is 2.31. The van der Waals surface area contributed by atoms with Gasteiger partial charge in [-0.15, -0.1) is 0 Å². The normalized spacial score (nSPS) is 17.1. The third-order valence-electron chi connectivity index (χ3n) is 7.17. The third-order valence-corrected chi connectivity index (χ3v) is 7.17. The Balaban J connectivity index is 1.26. The van der Waals surface area contributed by atoms with Crippen molar-refractivity contribution in [3.05, 3.63) is 83.3 Å². The molecule has 0 unspecified atom stereocenters. The first-order chi connectivity index (χ1) is 16.7. The van der Waals surface area contributed by atoms with E-state index in [2.05, 4.69) is 40.5 Å². The van der Waals surface area contributed by atoms with Crippen molar-refractivity contribution in [1.82, 2.24) is 19.5 Å². The maximum absolute atomic E-state index is 13.8. The van der Waals surface area contributed by atoms with Gasteiger partial charge in [0.2, 0.25) is 0 Å². The van der Waals surface area contributed by atoms with Crippen molar-refractivity contribution in [1.29, 1.82) is 0 Å². The first kappa shape index (κ1) is 21.3. The Kier molecular flexibility index (Phi) is 5.75. The Morgan fingerprint density at radius 2 is 1.76 bits per heavy atom. The smallest absolute Gasteiger partial charge is 0.158 e. The molecule has 2 aliphatic rings. The summed E-state index contributed by atoms with van der Waals surface area (Å²) in [5.74, 6) is 0.839. The molecule has 0 bridgehead atoms. The van der Waals surface area contributed by atoms with Crippen molar-refractivity contribution in [3.63, 3.8) is 0 Å². The molecule has 1 aliphatic carbocycles. The lowest BCUT2D eigenvalue weighted by Gasteiger charge is -2.33. The van der Waals surface area contributed by atoms with Crippen LogP contribution in [0.2, 0.25) is 0 Å². The zero-order valence-corrected chi connectivity index (χ0v) is 19.4. The van der Waals surface area contributed by atoms with Crippen LogP contribution in [-0.2, 0) is 19.4 Å². The van der Waals surface area contributed by atoms with E-state index in [1.54, 1.807) is 6.07 Å². The van der Waals surface area contributed by atoms with Crippen LogP contribution in [0.25, 0.3) is 16.9 Å². The summed E-state index contributed by atoms with van der Waals surface area (Å²) < 4.78 is 15.8. The monoisotopic (exact) mass is 455 g/mol. The van der Waals surface area contributed by atoms with Gasteiger partial charge in [-0.25, -0.2) is 9.37 Å². The molecule has 6 rings (SSSR count). The van der Waals surface area contributed by atoms with Crippen LogP contribution in [0.4, 0.5) is 10.2 Å². The van der Waals surface area contributed by atoms with Crippen LogP contribution in [-0.4, -0.2) is 38.6 Å². The molecule has 0 spiro atoms. The summed E-state index contributed by atoms with van der Waals surface area (Å²) in [5, 5.41) is 8.76. The van der Waals surface area contributed by atoms with Crippen molar-refractivity contribution in [2.45, 2.75) is 51.1 Å². The lowest BCUT2D eigenvalue weighted by atomic mass is 9.95. The van der Waals surface area contributed by atoms with Crippen molar-refractivity contribution in [2.75, 3.05) is 18.4 Å². The van der Waals surface area contributed by atoms with Crippen LogP contribution in [0.1, 0.15) is 42.5 Å². The number of rotatable bonds is 5. The maximum atomic E-state index is 13.8. The number of benzene rings is 2. The number of fused-ring (bicyclic) bond motifs is 2. The van der Waals surface area contributed by atoms with Crippen LogP contribution in [0.5, 0.6) is 0 Å². The molecule has 5 nitrogen and oxygen atoms in total. The van der Waals surface area contributed by atoms with Gasteiger partial charge in [-0.1, -0.05) is 42.5 Å². The largest absolute Gasteiger partial charge is 0.367 e. The van der Waals surface area contributed by atoms with E-state index in [-0.39, 0.29) is 5.82 Å². The fourth-order valence-electron chi connectivity index (χ4n) is 5.36. The molecule has 2 aromatic heterocycles. The molecule has 1 aliphatic heterocycles. The van der Waals surface area contributed by atoms with Gasteiger partial charge in [0, 0.05) is 48.6 Å². The molecular weight excluding hydrogens is 425 g/mol. The third kappa shape index (κ3) is 4.30. The standard InChI is InChI=1S/C28H30FN5/c29-22-10-6-9-21(17-22)26-18-27-31-25-12-5-4-11-24(25)28(34(27)32-26)30-23-13-15-33(16-14-23)19-20-7-2-1-3-8-20/h1-3,6-10,17-18,23,30H,4-5,11-16,19H2. The predicted octanol–water partition coefficient (Wildman–Crippen LogP) is 5.49. The summed E-state index contributed by atoms with van der Waals surface area (Å²) in [6.45, 7) is 3.17. The average Bonchev–Trinajstić information content (AvgIpc) is 3.30. The van der Waals surface area contributed by atoms with E-state index < -0.39 is 0 Å². The van der Waals surface area contributed by atoms with Crippen molar-refractivity contribution in [2.24, 2.45) is 0 Å². The van der Waals surface area contributed by atoms with Gasteiger partial charge in [-0.3, -0.25) is 4.90 Å². The Morgan fingerprint density at radius 1 is 0.941 bits per heavy atom. The number of aromatic nitrogens is 3. The molecule has 0 radical (unpaired) electrons. The number of piperidine rings is 1. The molecule has 3 heterocycles. The zero-order chi connectivity index (χ0) is 22.9. The van der Waals surface area contributed by atoms with Gasteiger partial charge in [0.05, 0.1) is 5.69 Å². The number of nitrogens with one attached hydrogen (secondary N) is 1. The molecule has 4 aromatic rings. The summed E-state index contributed by atoms with van der Waals surface area (Å²) in [6, 6.07) is 19.7. The first-order valence-corrected chi connectivity index (χ1v) is 12.4. The van der Waals surface area contributed by atoms with E-state index in [0.29, 0.717) is 6.04 Å². The highest BCUT2D eigenvalue weighted by atomic mass is 19.1. The minimum absolute atomic E-state index is 0.248. The van der Waals surface area contributed by atoms with E-state index in [1.807, 2.05) is 16.6 Å². The van der Waals surface area contributed by atoms with Gasteiger partial charge in [0.1, 0.15) is 11.6 Å². The predicted molar refractivity (Wildman–Crippen MR) is 133 cm³/mol. The van der Waals surface area contributed by atoms with Gasteiger partial charge < -0.3 is 5.32 Å². The second kappa shape index (κ2) is 9.18. The van der Waals surface area contributed by atoms with Gasteiger partial charge in [0.25, 0.3) is 0 Å². The molecule has 1 saturated heterocycles. The van der Waals surface area contributed by atoms with Gasteiger partial charge >= 0.3 is 0 Å². The molecule has 0 atom stereocenters. The molecule has 6 heteroatoms. The van der Waals surface area contributed by atoms with Crippen LogP contribution in [0, 0.1) is 5.82 Å². The minimum Gasteiger partial charge on any atom is -0.367 e. The number of hydrogen-bond donors (Lipinski definition) is 1. The Bertz CT molecular complexity index is 1290. The van der Waals surface area contributed by atoms with E-state index in [9.17, 15) is 4.39 Å². The topological polar surface area (TPSA) is 45.5 Å². The Hall–Kier alpha value is -3.25. The van der Waals surface area contributed by atoms with E-state index in [1.165, 1.54) is 41.8 Å². The average molecular weight is 456 g/mol. The van der Waals surface area contributed by atoms with E-state index >= 15 is 0 Å². The number of hydrogen-bond acceptors (Lipinski definition) is 4. The van der Waals surface area contributed by atoms with Gasteiger partial charge in [0.15, 0.2) is 5.65 Å². The van der Waals surface area contributed by atoms with E-state index in [0.717, 1.165) is 68.0 Å². The summed E-state index contributed by atoms with van der Waals surface area (Å²) in [6.07, 6.45) is 6.60. The molecule has 34 heavy (non-hydrogen) atoms. The highest BCUT2D eigenvalue weighted by Gasteiger charge is 2.25. The van der Waals surface area contributed by atoms with Crippen molar-refractivity contribution < 1.29 is 4.39 Å². The van der Waals surface area contributed by atoms with E-state index in [4.69, 9.17) is 10.1 Å². The maximum Gasteiger partial charge on any atom is 0.158 e. The molecule has 1 N–H and O–H groups in total. The molecule has 174 valence electrons. The number of aryl methyl sites for hydroxylation is 1. The number of halogens is 1. The fraction of sp³-hybridized carbons (Fsp3) is 0.357. The molecule has 1 fully saturated rings. The van der Waals surface area contributed by atoms with Crippen LogP contribution in [0.15, 0.2) is 60.7 Å². The fourth-order valence-corrected chi connectivity index (χ4v) is 5.36. The zero-order valence-electron chi connectivity index (χ0n) is 19.4. The van der Waals surface area contributed by atoms with Crippen LogP contribution >= 0.6 is 0 Å². The summed E-state index contributed by atoms with van der Waals surface area (Å²) in [5.41, 5.74) is 6.25. The second-order valence-corrected chi connectivity index (χ2v) is 9.58. The number of anilines is 1. The van der Waals surface area contributed by atoms with Crippen LogP contribution in [0.3, 0.4) is 0 Å². The summed E-state index contributed by atoms with van der Waals surface area (Å²) in [7, 11) is 0. The lowest BCUT2D eigenvalue weighted by molar-refractivity contribution is 0.211. The molecular formula is C28H30FN5. The second-order valence-electron chi connectivity index (χ2n) is 9.58. The SMILES string of the molecule is Fc1cccc(-c2cc3nc4c(c(NC5CCN(Cc6ccccc6)CC5)n3n2)CCCC4)c1. The van der Waals surface area contributed by atoms with Crippen LogP contribution < -0.4 is 5.32 Å². The molecule has 2 aromatic carbocycles. The summed E-state index contributed by atoms with van der Waals surface area (Å²) >= 11 is 0. The first-order valence-electron chi connectivity index (χ1n) is 12.4. The quantitative estimate of drug-likeness (QED) is 0.432. The lowest BCUT2D eigenvalue weighted by Crippen LogP contribution is -2.39. The van der Waals surface area contributed by atoms with Gasteiger partial charge in [-0.05, 0) is 56.2 Å². The van der Waals surface area contributed by atoms with Crippen molar-refractivity contribution >= 4 is 11.5 Å². The Labute approximate surface area is 199 Å². The summed E-state index contributed by atoms with van der Waals surface area (Å²) in [4.78, 5) is 7.50. The minimum atomic E-state index is -0.248. The highest BCUT2D eigenvalue weighted by molar-refractivity contribution is 5.67. The number of nitrogens with zero attached hydrogens (tertiary/aromatic N) is 4. The van der Waals surface area contributed by atoms with Crippen molar-refractivity contribution in [3.8, 4) is 11.3 Å². The van der Waals surface area contributed by atoms with Gasteiger partial charge in [-0.2, -0.15) is 9.61 Å². The number of likely N-dealkylation sites (tertiary alicyclic amines) is 1. The molecule has 0 amide bonds.